The van der Waals surface area contributed by atoms with Gasteiger partial charge in [0, 0.05) is 6.04 Å². The first-order chi connectivity index (χ1) is 7.74. The van der Waals surface area contributed by atoms with Crippen LogP contribution in [0.3, 0.4) is 0 Å². The van der Waals surface area contributed by atoms with Crippen LogP contribution in [0.4, 0.5) is 4.79 Å². The molecule has 100 valence electrons. The van der Waals surface area contributed by atoms with Gasteiger partial charge in [-0.2, -0.15) is 0 Å². The summed E-state index contributed by atoms with van der Waals surface area (Å²) in [4.78, 5) is 11.5. The zero-order chi connectivity index (χ0) is 13.1. The Labute approximate surface area is 102 Å². The number of ether oxygens (including phenoxy) is 1. The van der Waals surface area contributed by atoms with E-state index in [-0.39, 0.29) is 12.6 Å². The first kappa shape index (κ1) is 14.3. The van der Waals surface area contributed by atoms with Gasteiger partial charge in [0.1, 0.15) is 5.60 Å². The van der Waals surface area contributed by atoms with E-state index in [2.05, 4.69) is 5.32 Å². The summed E-state index contributed by atoms with van der Waals surface area (Å²) in [7, 11) is 0. The first-order valence-electron chi connectivity index (χ1n) is 6.07. The normalized spacial score (nSPS) is 29.8. The summed E-state index contributed by atoms with van der Waals surface area (Å²) in [5.41, 5.74) is -1.46. The number of hydrogen-bond acceptors (Lipinski definition) is 4. The molecule has 1 saturated carbocycles. The number of carbonyl (C=O) groups is 1. The van der Waals surface area contributed by atoms with Gasteiger partial charge in [-0.05, 0) is 46.5 Å². The topological polar surface area (TPSA) is 78.8 Å². The molecule has 0 aromatic heterocycles. The molecular formula is C12H23NO4. The number of nitrogens with one attached hydrogen (secondary N) is 1. The Kier molecular flexibility index (Phi) is 4.38. The van der Waals surface area contributed by atoms with Crippen LogP contribution >= 0.6 is 0 Å². The van der Waals surface area contributed by atoms with Crippen LogP contribution < -0.4 is 5.32 Å². The van der Waals surface area contributed by atoms with E-state index in [9.17, 15) is 9.90 Å². The molecule has 0 atom stereocenters. The molecule has 1 aliphatic carbocycles. The first-order valence-corrected chi connectivity index (χ1v) is 6.07. The van der Waals surface area contributed by atoms with E-state index in [1.807, 2.05) is 20.8 Å². The molecule has 0 unspecified atom stereocenters. The van der Waals surface area contributed by atoms with Crippen molar-refractivity contribution in [2.45, 2.75) is 63.7 Å². The minimum atomic E-state index is -0.966. The molecule has 0 heterocycles. The van der Waals surface area contributed by atoms with E-state index in [0.29, 0.717) is 25.7 Å². The van der Waals surface area contributed by atoms with Gasteiger partial charge in [-0.3, -0.25) is 0 Å². The van der Waals surface area contributed by atoms with Gasteiger partial charge in [0.15, 0.2) is 0 Å². The lowest BCUT2D eigenvalue weighted by molar-refractivity contribution is -0.0479. The average Bonchev–Trinajstić information content (AvgIpc) is 2.19. The quantitative estimate of drug-likeness (QED) is 0.682. The SMILES string of the molecule is CC(C)(C)OC(=O)N[C@H]1CC[C@](O)(CO)CC1. The number of aliphatic hydroxyl groups excluding tert-OH is 1. The number of hydrogen-bond donors (Lipinski definition) is 3. The molecular weight excluding hydrogens is 222 g/mol. The predicted molar refractivity (Wildman–Crippen MR) is 63.7 cm³/mol. The Morgan fingerprint density at radius 3 is 2.35 bits per heavy atom. The Morgan fingerprint density at radius 1 is 1.41 bits per heavy atom. The largest absolute Gasteiger partial charge is 0.444 e. The van der Waals surface area contributed by atoms with Crippen LogP contribution in [-0.2, 0) is 4.74 Å². The van der Waals surface area contributed by atoms with E-state index in [1.165, 1.54) is 0 Å². The summed E-state index contributed by atoms with van der Waals surface area (Å²) < 4.78 is 5.16. The molecule has 0 spiro atoms. The number of alkyl carbamates (subject to hydrolysis) is 1. The van der Waals surface area contributed by atoms with Gasteiger partial charge < -0.3 is 20.3 Å². The van der Waals surface area contributed by atoms with Crippen LogP contribution in [0.5, 0.6) is 0 Å². The molecule has 5 nitrogen and oxygen atoms in total. The second-order valence-corrected chi connectivity index (χ2v) is 5.80. The van der Waals surface area contributed by atoms with Crippen LogP contribution in [0, 0.1) is 0 Å². The fourth-order valence-corrected chi connectivity index (χ4v) is 1.93. The monoisotopic (exact) mass is 245 g/mol. The Hall–Kier alpha value is -0.810. The molecule has 0 saturated heterocycles. The minimum Gasteiger partial charge on any atom is -0.444 e. The van der Waals surface area contributed by atoms with Crippen molar-refractivity contribution in [3.63, 3.8) is 0 Å². The number of aliphatic hydroxyl groups is 2. The summed E-state index contributed by atoms with van der Waals surface area (Å²) in [6.45, 7) is 5.24. The summed E-state index contributed by atoms with van der Waals surface area (Å²) in [5.74, 6) is 0. The van der Waals surface area contributed by atoms with Crippen molar-refractivity contribution in [3.05, 3.63) is 0 Å². The van der Waals surface area contributed by atoms with E-state index in [4.69, 9.17) is 9.84 Å². The molecule has 5 heteroatoms. The second-order valence-electron chi connectivity index (χ2n) is 5.80. The van der Waals surface area contributed by atoms with Crippen molar-refractivity contribution < 1.29 is 19.7 Å². The molecule has 0 bridgehead atoms. The maximum absolute atomic E-state index is 11.5. The van der Waals surface area contributed by atoms with Crippen molar-refractivity contribution in [3.8, 4) is 0 Å². The van der Waals surface area contributed by atoms with Gasteiger partial charge >= 0.3 is 6.09 Å². The highest BCUT2D eigenvalue weighted by atomic mass is 16.6. The Morgan fingerprint density at radius 2 is 1.94 bits per heavy atom. The van der Waals surface area contributed by atoms with Crippen molar-refractivity contribution in [2.75, 3.05) is 6.61 Å². The van der Waals surface area contributed by atoms with Crippen molar-refractivity contribution in [1.82, 2.24) is 5.32 Å². The maximum atomic E-state index is 11.5. The van der Waals surface area contributed by atoms with Gasteiger partial charge in [0.25, 0.3) is 0 Å². The molecule has 17 heavy (non-hydrogen) atoms. The van der Waals surface area contributed by atoms with Crippen LogP contribution in [-0.4, -0.2) is 40.2 Å². The Bertz CT molecular complexity index is 264. The molecule has 0 aliphatic heterocycles. The van der Waals surface area contributed by atoms with Gasteiger partial charge in [-0.1, -0.05) is 0 Å². The molecule has 3 N–H and O–H groups in total. The van der Waals surface area contributed by atoms with Crippen LogP contribution in [0.25, 0.3) is 0 Å². The molecule has 0 aromatic carbocycles. The van der Waals surface area contributed by atoms with Crippen molar-refractivity contribution in [1.29, 1.82) is 0 Å². The molecule has 0 aromatic rings. The van der Waals surface area contributed by atoms with Crippen molar-refractivity contribution >= 4 is 6.09 Å². The summed E-state index contributed by atoms with van der Waals surface area (Å²) in [6, 6.07) is 0.0247. The lowest BCUT2D eigenvalue weighted by Crippen LogP contribution is -2.46. The van der Waals surface area contributed by atoms with E-state index >= 15 is 0 Å². The third-order valence-electron chi connectivity index (χ3n) is 2.93. The third kappa shape index (κ3) is 4.91. The van der Waals surface area contributed by atoms with Crippen LogP contribution in [0.2, 0.25) is 0 Å². The standard InChI is InChI=1S/C12H23NO4/c1-11(2,3)17-10(15)13-9-4-6-12(16,8-14)7-5-9/h9,14,16H,4-8H2,1-3H3,(H,13,15)/t9-,12+. The van der Waals surface area contributed by atoms with Gasteiger partial charge in [0.2, 0.25) is 0 Å². The molecule has 1 rings (SSSR count). The van der Waals surface area contributed by atoms with Gasteiger partial charge in [-0.25, -0.2) is 4.79 Å². The smallest absolute Gasteiger partial charge is 0.407 e. The second kappa shape index (κ2) is 5.23. The van der Waals surface area contributed by atoms with Crippen molar-refractivity contribution in [2.24, 2.45) is 0 Å². The number of amides is 1. The molecule has 1 amide bonds. The average molecular weight is 245 g/mol. The third-order valence-corrected chi connectivity index (χ3v) is 2.93. The van der Waals surface area contributed by atoms with E-state index < -0.39 is 17.3 Å². The molecule has 0 radical (unpaired) electrons. The minimum absolute atomic E-state index is 0.0247. The Balaban J connectivity index is 2.34. The molecule has 1 fully saturated rings. The van der Waals surface area contributed by atoms with Crippen LogP contribution in [0.1, 0.15) is 46.5 Å². The zero-order valence-electron chi connectivity index (χ0n) is 10.8. The highest BCUT2D eigenvalue weighted by Gasteiger charge is 2.33. The summed E-state index contributed by atoms with van der Waals surface area (Å²) in [5, 5.41) is 21.6. The lowest BCUT2D eigenvalue weighted by atomic mass is 9.83. The highest BCUT2D eigenvalue weighted by molar-refractivity contribution is 5.68. The van der Waals surface area contributed by atoms with E-state index in [1.54, 1.807) is 0 Å². The maximum Gasteiger partial charge on any atom is 0.407 e. The summed E-state index contributed by atoms with van der Waals surface area (Å²) in [6.07, 6.45) is 1.91. The lowest BCUT2D eigenvalue weighted by Gasteiger charge is -2.35. The zero-order valence-corrected chi connectivity index (χ0v) is 10.8. The highest BCUT2D eigenvalue weighted by Crippen LogP contribution is 2.27. The number of carbonyl (C=O) groups excluding carboxylic acids is 1. The van der Waals surface area contributed by atoms with E-state index in [0.717, 1.165) is 0 Å². The molecule has 1 aliphatic rings. The van der Waals surface area contributed by atoms with Crippen LogP contribution in [0.15, 0.2) is 0 Å². The fraction of sp³-hybridized carbons (Fsp3) is 0.917. The van der Waals surface area contributed by atoms with Gasteiger partial charge in [-0.15, -0.1) is 0 Å². The fourth-order valence-electron chi connectivity index (χ4n) is 1.93. The summed E-state index contributed by atoms with van der Waals surface area (Å²) >= 11 is 0. The van der Waals surface area contributed by atoms with Gasteiger partial charge in [0.05, 0.1) is 12.2 Å². The number of rotatable bonds is 2. The predicted octanol–water partition coefficient (Wildman–Crippen LogP) is 1.18.